The molecule has 0 aromatic heterocycles. The van der Waals surface area contributed by atoms with Crippen LogP contribution in [0.1, 0.15) is 44.9 Å². The van der Waals surface area contributed by atoms with Gasteiger partial charge in [0, 0.05) is 6.42 Å². The molecule has 1 saturated carbocycles. The Bertz CT molecular complexity index is 346. The Hall–Kier alpha value is -0.850. The second-order valence-corrected chi connectivity index (χ2v) is 4.80. The fourth-order valence-electron chi connectivity index (χ4n) is 3.29. The average molecular weight is 188 g/mol. The maximum Gasteiger partial charge on any atom is 0.160 e. The van der Waals surface area contributed by atoms with E-state index in [2.05, 4.69) is 0 Å². The molecule has 0 amide bonds. The molecule has 0 bridgehead atoms. The van der Waals surface area contributed by atoms with Crippen molar-refractivity contribution in [3.05, 3.63) is 22.8 Å². The van der Waals surface area contributed by atoms with E-state index in [1.54, 1.807) is 5.57 Å². The van der Waals surface area contributed by atoms with Gasteiger partial charge >= 0.3 is 0 Å². The highest BCUT2D eigenvalue weighted by molar-refractivity contribution is 5.97. The largest absolute Gasteiger partial charge is 0.294 e. The van der Waals surface area contributed by atoms with Crippen molar-refractivity contribution in [3.8, 4) is 0 Å². The van der Waals surface area contributed by atoms with Gasteiger partial charge in [0.25, 0.3) is 0 Å². The van der Waals surface area contributed by atoms with Crippen LogP contribution >= 0.6 is 0 Å². The first-order chi connectivity index (χ1) is 6.84. The molecule has 14 heavy (non-hydrogen) atoms. The molecule has 1 heteroatoms. The van der Waals surface area contributed by atoms with Crippen LogP contribution in [0.5, 0.6) is 0 Å². The summed E-state index contributed by atoms with van der Waals surface area (Å²) in [7, 11) is 0. The Morgan fingerprint density at radius 1 is 1.14 bits per heavy atom. The first-order valence-corrected chi connectivity index (χ1v) is 5.80. The molecule has 1 nitrogen and oxygen atoms in total. The van der Waals surface area contributed by atoms with E-state index in [1.807, 2.05) is 6.08 Å². The molecule has 1 atom stereocenters. The number of ketones is 1. The van der Waals surface area contributed by atoms with E-state index >= 15 is 0 Å². The second kappa shape index (κ2) is 3.08. The van der Waals surface area contributed by atoms with Crippen LogP contribution in [0.15, 0.2) is 22.8 Å². The van der Waals surface area contributed by atoms with Gasteiger partial charge in [0.1, 0.15) is 0 Å². The van der Waals surface area contributed by atoms with Gasteiger partial charge in [-0.05, 0) is 55.2 Å². The fraction of sp³-hybridized carbons (Fsp3) is 0.615. The van der Waals surface area contributed by atoms with E-state index < -0.39 is 0 Å². The first-order valence-electron chi connectivity index (χ1n) is 5.80. The smallest absolute Gasteiger partial charge is 0.160 e. The van der Waals surface area contributed by atoms with Crippen molar-refractivity contribution in [1.82, 2.24) is 0 Å². The molecule has 0 aliphatic heterocycles. The van der Waals surface area contributed by atoms with Crippen molar-refractivity contribution in [2.45, 2.75) is 44.9 Å². The molecule has 0 aromatic rings. The number of hydrogen-bond donors (Lipinski definition) is 0. The molecular weight excluding hydrogens is 172 g/mol. The van der Waals surface area contributed by atoms with Crippen molar-refractivity contribution < 1.29 is 4.79 Å². The van der Waals surface area contributed by atoms with Gasteiger partial charge < -0.3 is 0 Å². The zero-order chi connectivity index (χ0) is 9.54. The summed E-state index contributed by atoms with van der Waals surface area (Å²) in [5, 5.41) is 0. The Morgan fingerprint density at radius 3 is 3.00 bits per heavy atom. The molecule has 0 radical (unpaired) electrons. The molecule has 1 fully saturated rings. The van der Waals surface area contributed by atoms with Crippen molar-refractivity contribution in [3.63, 3.8) is 0 Å². The molecule has 0 heterocycles. The minimum Gasteiger partial charge on any atom is -0.294 e. The third-order valence-corrected chi connectivity index (χ3v) is 3.97. The van der Waals surface area contributed by atoms with Crippen LogP contribution in [0, 0.1) is 5.92 Å². The van der Waals surface area contributed by atoms with E-state index in [0.29, 0.717) is 5.78 Å². The molecular formula is C13H16O. The van der Waals surface area contributed by atoms with Crippen LogP contribution in [0.4, 0.5) is 0 Å². The van der Waals surface area contributed by atoms with Crippen LogP contribution in [0.3, 0.4) is 0 Å². The minimum absolute atomic E-state index is 0.341. The molecule has 0 saturated heterocycles. The van der Waals surface area contributed by atoms with Crippen LogP contribution in [-0.4, -0.2) is 5.78 Å². The summed E-state index contributed by atoms with van der Waals surface area (Å²) < 4.78 is 0. The third kappa shape index (κ3) is 1.18. The van der Waals surface area contributed by atoms with Crippen molar-refractivity contribution in [2.24, 2.45) is 5.92 Å². The van der Waals surface area contributed by atoms with E-state index in [9.17, 15) is 4.79 Å². The molecule has 3 aliphatic rings. The van der Waals surface area contributed by atoms with Crippen molar-refractivity contribution in [2.75, 3.05) is 0 Å². The average Bonchev–Trinajstić information content (AvgIpc) is 2.59. The lowest BCUT2D eigenvalue weighted by Crippen LogP contribution is -2.16. The van der Waals surface area contributed by atoms with Crippen LogP contribution in [0.25, 0.3) is 0 Å². The maximum absolute atomic E-state index is 11.4. The summed E-state index contributed by atoms with van der Waals surface area (Å²) in [5.41, 5.74) is 4.48. The van der Waals surface area contributed by atoms with E-state index in [-0.39, 0.29) is 0 Å². The number of allylic oxidation sites excluding steroid dienone is 4. The summed E-state index contributed by atoms with van der Waals surface area (Å²) in [5.74, 6) is 1.18. The fourth-order valence-corrected chi connectivity index (χ4v) is 3.29. The number of hydrogen-bond acceptors (Lipinski definition) is 1. The van der Waals surface area contributed by atoms with Gasteiger partial charge in [0.15, 0.2) is 5.78 Å². The van der Waals surface area contributed by atoms with Gasteiger partial charge in [0.2, 0.25) is 0 Å². The highest BCUT2D eigenvalue weighted by Crippen LogP contribution is 2.45. The quantitative estimate of drug-likeness (QED) is 0.570. The minimum atomic E-state index is 0.341. The maximum atomic E-state index is 11.4. The van der Waals surface area contributed by atoms with E-state index in [4.69, 9.17) is 0 Å². The highest BCUT2D eigenvalue weighted by atomic mass is 16.1. The first kappa shape index (κ1) is 8.46. The SMILES string of the molecule is O=C1C=C2CCC3CCCCC3=C2C1. The van der Waals surface area contributed by atoms with Gasteiger partial charge in [-0.2, -0.15) is 0 Å². The van der Waals surface area contributed by atoms with Gasteiger partial charge in [-0.15, -0.1) is 0 Å². The summed E-state index contributed by atoms with van der Waals surface area (Å²) >= 11 is 0. The summed E-state index contributed by atoms with van der Waals surface area (Å²) in [6.45, 7) is 0. The van der Waals surface area contributed by atoms with E-state index in [1.165, 1.54) is 43.3 Å². The van der Waals surface area contributed by atoms with Gasteiger partial charge in [0.05, 0.1) is 0 Å². The van der Waals surface area contributed by atoms with Crippen molar-refractivity contribution in [1.29, 1.82) is 0 Å². The topological polar surface area (TPSA) is 17.1 Å². The summed E-state index contributed by atoms with van der Waals surface area (Å²) in [6, 6.07) is 0. The predicted octanol–water partition coefficient (Wildman–Crippen LogP) is 3.17. The number of carbonyl (C=O) groups is 1. The monoisotopic (exact) mass is 188 g/mol. The van der Waals surface area contributed by atoms with Crippen molar-refractivity contribution >= 4 is 5.78 Å². The Morgan fingerprint density at radius 2 is 2.07 bits per heavy atom. The summed E-state index contributed by atoms with van der Waals surface area (Å²) in [6.07, 6.45) is 10.5. The third-order valence-electron chi connectivity index (χ3n) is 3.97. The molecule has 3 aliphatic carbocycles. The van der Waals surface area contributed by atoms with Crippen LogP contribution in [0.2, 0.25) is 0 Å². The van der Waals surface area contributed by atoms with Crippen LogP contribution < -0.4 is 0 Å². The number of rotatable bonds is 0. The zero-order valence-corrected chi connectivity index (χ0v) is 8.51. The normalized spacial score (nSPS) is 31.3. The molecule has 0 aromatic carbocycles. The lowest BCUT2D eigenvalue weighted by molar-refractivity contribution is -0.113. The second-order valence-electron chi connectivity index (χ2n) is 4.80. The molecule has 0 spiro atoms. The highest BCUT2D eigenvalue weighted by Gasteiger charge is 2.31. The predicted molar refractivity (Wildman–Crippen MR) is 55.9 cm³/mol. The molecule has 1 unspecified atom stereocenters. The lowest BCUT2D eigenvalue weighted by Gasteiger charge is -2.32. The summed E-state index contributed by atoms with van der Waals surface area (Å²) in [4.78, 5) is 11.4. The molecule has 74 valence electrons. The lowest BCUT2D eigenvalue weighted by atomic mass is 9.73. The van der Waals surface area contributed by atoms with Gasteiger partial charge in [-0.3, -0.25) is 4.79 Å². The molecule has 3 rings (SSSR count). The molecule has 0 N–H and O–H groups in total. The Kier molecular flexibility index (Phi) is 1.86. The van der Waals surface area contributed by atoms with Crippen LogP contribution in [-0.2, 0) is 4.79 Å². The van der Waals surface area contributed by atoms with E-state index in [0.717, 1.165) is 18.8 Å². The van der Waals surface area contributed by atoms with Gasteiger partial charge in [-0.1, -0.05) is 12.0 Å². The number of fused-ring (bicyclic) bond motifs is 2. The number of carbonyl (C=O) groups excluding carboxylic acids is 1. The van der Waals surface area contributed by atoms with Gasteiger partial charge in [-0.25, -0.2) is 0 Å². The Labute approximate surface area is 84.9 Å². The zero-order valence-electron chi connectivity index (χ0n) is 8.51. The Balaban J connectivity index is 2.03. The standard InChI is InChI=1S/C13H16O/c14-11-7-10-6-5-9-3-1-2-4-12(9)13(10)8-11/h7,9H,1-6,8H2.